The van der Waals surface area contributed by atoms with Crippen LogP contribution in [-0.2, 0) is 11.2 Å². The van der Waals surface area contributed by atoms with Crippen molar-refractivity contribution in [3.05, 3.63) is 53.1 Å². The number of amides is 1. The fourth-order valence-electron chi connectivity index (χ4n) is 2.78. The second-order valence-corrected chi connectivity index (χ2v) is 5.87. The number of carboxylic acids is 1. The van der Waals surface area contributed by atoms with E-state index in [2.05, 4.69) is 0 Å². The van der Waals surface area contributed by atoms with Crippen LogP contribution in [0.2, 0.25) is 0 Å². The molecule has 2 N–H and O–H groups in total. The van der Waals surface area contributed by atoms with Gasteiger partial charge < -0.3 is 29.8 Å². The fourth-order valence-corrected chi connectivity index (χ4v) is 2.78. The molecular formula is C19H18KNO6. The largest absolute Gasteiger partial charge is 1.00 e. The van der Waals surface area contributed by atoms with Crippen LogP contribution in [0.1, 0.15) is 40.9 Å². The molecule has 136 valence electrons. The number of carboxylic acid groups (broad SMARTS) is 1. The van der Waals surface area contributed by atoms with Crippen molar-refractivity contribution in [1.82, 2.24) is 0 Å². The van der Waals surface area contributed by atoms with Crippen molar-refractivity contribution in [3.63, 3.8) is 0 Å². The van der Waals surface area contributed by atoms with E-state index in [-0.39, 0.29) is 63.7 Å². The van der Waals surface area contributed by atoms with Crippen molar-refractivity contribution >= 4 is 11.9 Å². The molecule has 0 saturated carbocycles. The molecule has 27 heavy (non-hydrogen) atoms. The summed E-state index contributed by atoms with van der Waals surface area (Å²) in [6.07, 6.45) is 0.315. The third-order valence-electron chi connectivity index (χ3n) is 4.02. The minimum atomic E-state index is -1.27. The summed E-state index contributed by atoms with van der Waals surface area (Å²) in [5.74, 6) is -0.440. The Hall–Kier alpha value is -1.58. The molecule has 2 aromatic rings. The second kappa shape index (κ2) is 9.56. The molecule has 1 aliphatic rings. The van der Waals surface area contributed by atoms with Crippen LogP contribution in [0, 0.1) is 0 Å². The topological polar surface area (TPSA) is 111 Å². The van der Waals surface area contributed by atoms with Crippen LogP contribution in [0.15, 0.2) is 36.4 Å². The zero-order chi connectivity index (χ0) is 18.7. The molecule has 0 bridgehead atoms. The van der Waals surface area contributed by atoms with Gasteiger partial charge >= 0.3 is 51.4 Å². The van der Waals surface area contributed by atoms with Crippen molar-refractivity contribution < 1.29 is 80.3 Å². The van der Waals surface area contributed by atoms with Crippen molar-refractivity contribution in [2.45, 2.75) is 25.9 Å². The summed E-state index contributed by atoms with van der Waals surface area (Å²) >= 11 is 0. The van der Waals surface area contributed by atoms with E-state index < -0.39 is 18.0 Å². The van der Waals surface area contributed by atoms with E-state index >= 15 is 0 Å². The SMILES string of the molecule is CCCc1cc(C(=O)[O-])ccc1OC(C(N)=O)c1ccc2c(c1)OCO2.[K+]. The van der Waals surface area contributed by atoms with Gasteiger partial charge in [0.25, 0.3) is 5.91 Å². The third-order valence-corrected chi connectivity index (χ3v) is 4.02. The number of nitrogens with two attached hydrogens (primary N) is 1. The predicted molar refractivity (Wildman–Crippen MR) is 89.9 cm³/mol. The first-order valence-electron chi connectivity index (χ1n) is 8.19. The molecule has 1 unspecified atom stereocenters. The maximum Gasteiger partial charge on any atom is 1.00 e. The maximum absolute atomic E-state index is 12.0. The molecule has 2 aromatic carbocycles. The summed E-state index contributed by atoms with van der Waals surface area (Å²) in [6.45, 7) is 2.07. The zero-order valence-electron chi connectivity index (χ0n) is 15.2. The van der Waals surface area contributed by atoms with Gasteiger partial charge in [-0.05, 0) is 47.9 Å². The van der Waals surface area contributed by atoms with Gasteiger partial charge in [-0.1, -0.05) is 19.4 Å². The Morgan fingerprint density at radius 1 is 1.19 bits per heavy atom. The van der Waals surface area contributed by atoms with Crippen molar-refractivity contribution in [3.8, 4) is 17.2 Å². The molecule has 1 amide bonds. The maximum atomic E-state index is 12.0. The number of carbonyl (C=O) groups is 2. The van der Waals surface area contributed by atoms with E-state index in [1.807, 2.05) is 6.92 Å². The average Bonchev–Trinajstić information content (AvgIpc) is 3.08. The second-order valence-electron chi connectivity index (χ2n) is 5.87. The van der Waals surface area contributed by atoms with Gasteiger partial charge in [-0.15, -0.1) is 0 Å². The first-order chi connectivity index (χ1) is 12.5. The smallest absolute Gasteiger partial charge is 0.545 e. The normalized spacial score (nSPS) is 12.8. The minimum Gasteiger partial charge on any atom is -0.545 e. The number of carbonyl (C=O) groups excluding carboxylic acids is 2. The summed E-state index contributed by atoms with van der Waals surface area (Å²) < 4.78 is 16.4. The van der Waals surface area contributed by atoms with Gasteiger partial charge in [0.2, 0.25) is 12.9 Å². The van der Waals surface area contributed by atoms with Crippen LogP contribution in [0.3, 0.4) is 0 Å². The number of hydrogen-bond donors (Lipinski definition) is 1. The van der Waals surface area contributed by atoms with Gasteiger partial charge in [0.15, 0.2) is 11.5 Å². The monoisotopic (exact) mass is 395 g/mol. The van der Waals surface area contributed by atoms with E-state index in [9.17, 15) is 14.7 Å². The fraction of sp³-hybridized carbons (Fsp3) is 0.263. The van der Waals surface area contributed by atoms with E-state index in [1.54, 1.807) is 18.2 Å². The number of aromatic carboxylic acids is 1. The Morgan fingerprint density at radius 2 is 1.93 bits per heavy atom. The number of aryl methyl sites for hydroxylation is 1. The quantitative estimate of drug-likeness (QED) is 0.562. The molecule has 0 aromatic heterocycles. The number of benzene rings is 2. The average molecular weight is 395 g/mol. The van der Waals surface area contributed by atoms with E-state index in [4.69, 9.17) is 19.9 Å². The molecule has 1 heterocycles. The molecule has 1 atom stereocenters. The Morgan fingerprint density at radius 3 is 2.59 bits per heavy atom. The molecule has 0 fully saturated rings. The van der Waals surface area contributed by atoms with Gasteiger partial charge in [-0.25, -0.2) is 0 Å². The molecule has 1 aliphatic heterocycles. The number of hydrogen-bond acceptors (Lipinski definition) is 6. The molecule has 0 radical (unpaired) electrons. The number of primary amides is 1. The van der Waals surface area contributed by atoms with Gasteiger partial charge in [0, 0.05) is 5.56 Å². The van der Waals surface area contributed by atoms with E-state index in [0.717, 1.165) is 6.42 Å². The van der Waals surface area contributed by atoms with Crippen LogP contribution in [-0.4, -0.2) is 18.7 Å². The Kier molecular flexibility index (Phi) is 7.69. The molecule has 0 saturated heterocycles. The van der Waals surface area contributed by atoms with Crippen molar-refractivity contribution in [1.29, 1.82) is 0 Å². The van der Waals surface area contributed by atoms with Gasteiger partial charge in [0.05, 0.1) is 5.97 Å². The molecular weight excluding hydrogens is 377 g/mol. The molecule has 3 rings (SSSR count). The van der Waals surface area contributed by atoms with Crippen LogP contribution in [0.5, 0.6) is 17.2 Å². The minimum absolute atomic E-state index is 0. The first-order valence-corrected chi connectivity index (χ1v) is 8.19. The van der Waals surface area contributed by atoms with E-state index in [1.165, 1.54) is 18.2 Å². The summed E-state index contributed by atoms with van der Waals surface area (Å²) in [7, 11) is 0. The summed E-state index contributed by atoms with van der Waals surface area (Å²) in [5.41, 5.74) is 6.77. The molecule has 0 spiro atoms. The van der Waals surface area contributed by atoms with E-state index in [0.29, 0.717) is 34.8 Å². The Labute approximate surface area is 199 Å². The first kappa shape index (κ1) is 21.7. The van der Waals surface area contributed by atoms with Crippen LogP contribution < -0.4 is 76.4 Å². The zero-order valence-corrected chi connectivity index (χ0v) is 18.3. The van der Waals surface area contributed by atoms with Crippen LogP contribution in [0.25, 0.3) is 0 Å². The van der Waals surface area contributed by atoms with Gasteiger partial charge in [-0.3, -0.25) is 4.79 Å². The Balaban J connectivity index is 0.00000261. The Bertz CT molecular complexity index is 854. The van der Waals surface area contributed by atoms with Crippen molar-refractivity contribution in [2.24, 2.45) is 5.73 Å². The van der Waals surface area contributed by atoms with Crippen molar-refractivity contribution in [2.75, 3.05) is 6.79 Å². The third kappa shape index (κ3) is 5.02. The standard InChI is InChI=1S/C19H19NO6.K/c1-2-3-11-8-13(19(22)23)5-6-14(11)26-17(18(20)21)12-4-7-15-16(9-12)25-10-24-15;/h4-9,17H,2-3,10H2,1H3,(H2,20,21)(H,22,23);/q;+1/p-1. The number of rotatable bonds is 7. The molecule has 7 nitrogen and oxygen atoms in total. The number of fused-ring (bicyclic) bond motifs is 1. The van der Waals surface area contributed by atoms with Gasteiger partial charge in [0.1, 0.15) is 5.75 Å². The van der Waals surface area contributed by atoms with Crippen LogP contribution >= 0.6 is 0 Å². The van der Waals surface area contributed by atoms with Gasteiger partial charge in [-0.2, -0.15) is 0 Å². The predicted octanol–water partition coefficient (Wildman–Crippen LogP) is -1.66. The number of ether oxygens (including phenoxy) is 3. The summed E-state index contributed by atoms with van der Waals surface area (Å²) in [6, 6.07) is 9.39. The van der Waals surface area contributed by atoms with Crippen LogP contribution in [0.4, 0.5) is 0 Å². The molecule has 0 aliphatic carbocycles. The summed E-state index contributed by atoms with van der Waals surface area (Å²) in [4.78, 5) is 23.0. The summed E-state index contributed by atoms with van der Waals surface area (Å²) in [5, 5.41) is 11.1. The molecule has 8 heteroatoms.